The summed E-state index contributed by atoms with van der Waals surface area (Å²) in [5, 5.41) is 0.674. The molecule has 4 nitrogen and oxygen atoms in total. The molecule has 3 rings (SSSR count). The van der Waals surface area contributed by atoms with Crippen LogP contribution in [0.5, 0.6) is 5.75 Å². The highest BCUT2D eigenvalue weighted by Crippen LogP contribution is 2.38. The first kappa shape index (κ1) is 14.4. The number of halogens is 3. The van der Waals surface area contributed by atoms with Gasteiger partial charge in [0.25, 0.3) is 0 Å². The van der Waals surface area contributed by atoms with E-state index in [0.29, 0.717) is 16.7 Å². The Morgan fingerprint density at radius 3 is 2.68 bits per heavy atom. The molecule has 3 aromatic rings. The van der Waals surface area contributed by atoms with Crippen LogP contribution in [0.4, 0.5) is 13.2 Å². The van der Waals surface area contributed by atoms with Gasteiger partial charge in [-0.1, -0.05) is 0 Å². The average molecular weight is 307 g/mol. The summed E-state index contributed by atoms with van der Waals surface area (Å²) in [7, 11) is 3.30. The number of fused-ring (bicyclic) bond motifs is 1. The van der Waals surface area contributed by atoms with E-state index in [4.69, 9.17) is 4.74 Å². The molecule has 7 heteroatoms. The van der Waals surface area contributed by atoms with Crippen molar-refractivity contribution in [3.05, 3.63) is 42.5 Å². The van der Waals surface area contributed by atoms with Crippen molar-refractivity contribution in [3.63, 3.8) is 0 Å². The van der Waals surface area contributed by atoms with Gasteiger partial charge in [-0.2, -0.15) is 13.2 Å². The number of benzene rings is 1. The second-order valence-electron chi connectivity index (χ2n) is 4.82. The summed E-state index contributed by atoms with van der Waals surface area (Å²) >= 11 is 0. The van der Waals surface area contributed by atoms with Crippen molar-refractivity contribution in [1.82, 2.24) is 14.5 Å². The third-order valence-electron chi connectivity index (χ3n) is 3.47. The molecule has 0 saturated heterocycles. The van der Waals surface area contributed by atoms with Crippen molar-refractivity contribution < 1.29 is 17.9 Å². The van der Waals surface area contributed by atoms with Crippen LogP contribution in [0.25, 0.3) is 22.2 Å². The third kappa shape index (κ3) is 2.28. The van der Waals surface area contributed by atoms with Gasteiger partial charge in [-0.15, -0.1) is 0 Å². The van der Waals surface area contributed by atoms with Crippen LogP contribution in [0.15, 0.2) is 36.9 Å². The lowest BCUT2D eigenvalue weighted by Crippen LogP contribution is -2.09. The minimum Gasteiger partial charge on any atom is -0.497 e. The Morgan fingerprint density at radius 2 is 2.00 bits per heavy atom. The van der Waals surface area contributed by atoms with Crippen LogP contribution >= 0.6 is 0 Å². The standard InChI is InChI=1S/C15H12F3N3O/c1-21-7-11(10-4-3-9(22-2)5-13(10)21)14-12(15(16,17)18)6-19-8-20-14/h3-8H,1-2H3. The molecule has 0 atom stereocenters. The Kier molecular flexibility index (Phi) is 3.27. The van der Waals surface area contributed by atoms with E-state index in [0.717, 1.165) is 18.0 Å². The number of ether oxygens (including phenoxy) is 1. The maximum Gasteiger partial charge on any atom is 0.419 e. The number of rotatable bonds is 2. The van der Waals surface area contributed by atoms with E-state index in [1.54, 1.807) is 36.0 Å². The Balaban J connectivity index is 2.28. The minimum absolute atomic E-state index is 0.127. The normalized spacial score (nSPS) is 11.9. The largest absolute Gasteiger partial charge is 0.497 e. The van der Waals surface area contributed by atoms with Crippen molar-refractivity contribution in [2.75, 3.05) is 7.11 Å². The van der Waals surface area contributed by atoms with Crippen LogP contribution in [0, 0.1) is 0 Å². The first-order valence-corrected chi connectivity index (χ1v) is 6.42. The third-order valence-corrected chi connectivity index (χ3v) is 3.47. The molecular formula is C15H12F3N3O. The zero-order valence-electron chi connectivity index (χ0n) is 11.8. The Hall–Kier alpha value is -2.57. The second kappa shape index (κ2) is 5.01. The molecule has 22 heavy (non-hydrogen) atoms. The lowest BCUT2D eigenvalue weighted by Gasteiger charge is -2.10. The SMILES string of the molecule is COc1ccc2c(-c3ncncc3C(F)(F)F)cn(C)c2c1. The Labute approximate surface area is 124 Å². The zero-order chi connectivity index (χ0) is 15.9. The quantitative estimate of drug-likeness (QED) is 0.725. The predicted octanol–water partition coefficient (Wildman–Crippen LogP) is 3.66. The molecular weight excluding hydrogens is 295 g/mol. The summed E-state index contributed by atoms with van der Waals surface area (Å²) in [4.78, 5) is 7.34. The van der Waals surface area contributed by atoms with E-state index in [2.05, 4.69) is 9.97 Å². The topological polar surface area (TPSA) is 39.9 Å². The molecule has 0 unspecified atom stereocenters. The molecule has 0 radical (unpaired) electrons. The maximum atomic E-state index is 13.2. The highest BCUT2D eigenvalue weighted by molar-refractivity contribution is 5.96. The first-order valence-electron chi connectivity index (χ1n) is 6.42. The number of aryl methyl sites for hydroxylation is 1. The van der Waals surface area contributed by atoms with E-state index in [-0.39, 0.29) is 5.69 Å². The monoisotopic (exact) mass is 307 g/mol. The van der Waals surface area contributed by atoms with Crippen LogP contribution < -0.4 is 4.74 Å². The van der Waals surface area contributed by atoms with Crippen LogP contribution in [-0.4, -0.2) is 21.6 Å². The number of aromatic nitrogens is 3. The summed E-state index contributed by atoms with van der Waals surface area (Å²) in [6, 6.07) is 5.21. The van der Waals surface area contributed by atoms with Crippen molar-refractivity contribution >= 4 is 10.9 Å². The molecule has 0 saturated carbocycles. The van der Waals surface area contributed by atoms with E-state index >= 15 is 0 Å². The summed E-state index contributed by atoms with van der Waals surface area (Å²) in [5.41, 5.74) is 0.201. The fourth-order valence-corrected chi connectivity index (χ4v) is 2.43. The molecule has 0 aliphatic rings. The summed E-state index contributed by atoms with van der Waals surface area (Å²) in [6.07, 6.45) is -0.968. The molecule has 0 aliphatic heterocycles. The van der Waals surface area contributed by atoms with Gasteiger partial charge in [-0.05, 0) is 12.1 Å². The number of hydrogen-bond donors (Lipinski definition) is 0. The fourth-order valence-electron chi connectivity index (χ4n) is 2.43. The molecule has 114 valence electrons. The molecule has 2 aromatic heterocycles. The molecule has 0 spiro atoms. The molecule has 0 aliphatic carbocycles. The van der Waals surface area contributed by atoms with E-state index in [9.17, 15) is 13.2 Å². The van der Waals surface area contributed by atoms with Gasteiger partial charge in [0.05, 0.1) is 18.3 Å². The van der Waals surface area contributed by atoms with Crippen molar-refractivity contribution in [2.24, 2.45) is 7.05 Å². The lowest BCUT2D eigenvalue weighted by atomic mass is 10.1. The maximum absolute atomic E-state index is 13.2. The van der Waals surface area contributed by atoms with Gasteiger partial charge in [0.15, 0.2) is 0 Å². The summed E-state index contributed by atoms with van der Waals surface area (Å²) < 4.78 is 46.4. The fraction of sp³-hybridized carbons (Fsp3) is 0.200. The van der Waals surface area contributed by atoms with Crippen molar-refractivity contribution in [2.45, 2.75) is 6.18 Å². The second-order valence-corrected chi connectivity index (χ2v) is 4.82. The molecule has 0 amide bonds. The molecule has 2 heterocycles. The molecule has 0 N–H and O–H groups in total. The zero-order valence-corrected chi connectivity index (χ0v) is 11.8. The van der Waals surface area contributed by atoms with Crippen LogP contribution in [-0.2, 0) is 13.2 Å². The highest BCUT2D eigenvalue weighted by Gasteiger charge is 2.35. The Morgan fingerprint density at radius 1 is 1.23 bits per heavy atom. The van der Waals surface area contributed by atoms with Gasteiger partial charge < -0.3 is 9.30 Å². The predicted molar refractivity (Wildman–Crippen MR) is 75.5 cm³/mol. The van der Waals surface area contributed by atoms with Crippen molar-refractivity contribution in [3.8, 4) is 17.0 Å². The van der Waals surface area contributed by atoms with Crippen LogP contribution in [0.3, 0.4) is 0 Å². The van der Waals surface area contributed by atoms with Crippen molar-refractivity contribution in [1.29, 1.82) is 0 Å². The number of methoxy groups -OCH3 is 1. The van der Waals surface area contributed by atoms with Gasteiger partial charge >= 0.3 is 6.18 Å². The lowest BCUT2D eigenvalue weighted by molar-refractivity contribution is -0.137. The molecule has 1 aromatic carbocycles. The van der Waals surface area contributed by atoms with Crippen LogP contribution in [0.2, 0.25) is 0 Å². The van der Waals surface area contributed by atoms with E-state index in [1.165, 1.54) is 7.11 Å². The number of hydrogen-bond acceptors (Lipinski definition) is 3. The smallest absolute Gasteiger partial charge is 0.419 e. The van der Waals surface area contributed by atoms with E-state index in [1.807, 2.05) is 0 Å². The molecule has 0 fully saturated rings. The molecule has 0 bridgehead atoms. The minimum atomic E-state index is -4.51. The number of alkyl halides is 3. The highest BCUT2D eigenvalue weighted by atomic mass is 19.4. The summed E-state index contributed by atoms with van der Waals surface area (Å²) in [6.45, 7) is 0. The summed E-state index contributed by atoms with van der Waals surface area (Å²) in [5.74, 6) is 0.638. The number of nitrogens with zero attached hydrogens (tertiary/aromatic N) is 3. The van der Waals surface area contributed by atoms with Gasteiger partial charge in [0, 0.05) is 36.5 Å². The van der Waals surface area contributed by atoms with Gasteiger partial charge in [-0.25, -0.2) is 9.97 Å². The first-order chi connectivity index (χ1) is 10.4. The van der Waals surface area contributed by atoms with Gasteiger partial charge in [0.2, 0.25) is 0 Å². The average Bonchev–Trinajstić information content (AvgIpc) is 2.83. The Bertz CT molecular complexity index is 840. The van der Waals surface area contributed by atoms with E-state index < -0.39 is 11.7 Å². The van der Waals surface area contributed by atoms with Gasteiger partial charge in [0.1, 0.15) is 17.6 Å². The van der Waals surface area contributed by atoms with Crippen LogP contribution in [0.1, 0.15) is 5.56 Å². The van der Waals surface area contributed by atoms with Gasteiger partial charge in [-0.3, -0.25) is 0 Å².